The van der Waals surface area contributed by atoms with E-state index in [0.717, 1.165) is 6.61 Å². The average molecular weight is 155 g/mol. The van der Waals surface area contributed by atoms with Crippen molar-refractivity contribution in [3.63, 3.8) is 0 Å². The van der Waals surface area contributed by atoms with E-state index in [1.807, 2.05) is 0 Å². The summed E-state index contributed by atoms with van der Waals surface area (Å²) in [5.41, 5.74) is 6.58. The van der Waals surface area contributed by atoms with Gasteiger partial charge in [-0.1, -0.05) is 13.8 Å². The van der Waals surface area contributed by atoms with E-state index in [1.165, 1.54) is 12.8 Å². The summed E-state index contributed by atoms with van der Waals surface area (Å²) < 4.78 is 5.59. The number of nitrogens with two attached hydrogens (primary N) is 1. The highest BCUT2D eigenvalue weighted by molar-refractivity contribution is 5.12. The quantitative estimate of drug-likeness (QED) is 0.616. The van der Waals surface area contributed by atoms with Crippen LogP contribution in [0.2, 0.25) is 0 Å². The first-order chi connectivity index (χ1) is 5.10. The molecule has 1 heterocycles. The Bertz CT molecular complexity index is 178. The standard InChI is InChI=1S/C9H17NO/c1-8(2)5-9(8)3-7(4-10)11-6-9/h7H,3-6,10H2,1-2H3/t7-,9-/m1/s1. The normalized spacial score (nSPS) is 46.6. The van der Waals surface area contributed by atoms with Crippen molar-refractivity contribution in [2.24, 2.45) is 16.6 Å². The topological polar surface area (TPSA) is 35.2 Å². The third-order valence-corrected chi connectivity index (χ3v) is 3.57. The van der Waals surface area contributed by atoms with E-state index in [1.54, 1.807) is 0 Å². The van der Waals surface area contributed by atoms with E-state index in [-0.39, 0.29) is 0 Å². The Labute approximate surface area is 68.1 Å². The van der Waals surface area contributed by atoms with E-state index >= 15 is 0 Å². The molecule has 2 aliphatic rings. The Morgan fingerprint density at radius 3 is 2.45 bits per heavy atom. The molecule has 0 aromatic rings. The van der Waals surface area contributed by atoms with Gasteiger partial charge < -0.3 is 10.5 Å². The highest BCUT2D eigenvalue weighted by Crippen LogP contribution is 2.68. The Hall–Kier alpha value is -0.0800. The van der Waals surface area contributed by atoms with Crippen molar-refractivity contribution in [3.05, 3.63) is 0 Å². The second-order valence-electron chi connectivity index (χ2n) is 4.71. The van der Waals surface area contributed by atoms with Crippen LogP contribution in [0.15, 0.2) is 0 Å². The van der Waals surface area contributed by atoms with Gasteiger partial charge in [0.05, 0.1) is 12.7 Å². The zero-order valence-corrected chi connectivity index (χ0v) is 7.39. The minimum Gasteiger partial charge on any atom is -0.376 e. The molecule has 1 spiro atoms. The summed E-state index contributed by atoms with van der Waals surface area (Å²) in [4.78, 5) is 0. The largest absolute Gasteiger partial charge is 0.376 e. The van der Waals surface area contributed by atoms with Crippen LogP contribution < -0.4 is 5.73 Å². The molecule has 0 amide bonds. The Morgan fingerprint density at radius 1 is 1.55 bits per heavy atom. The third-order valence-electron chi connectivity index (χ3n) is 3.57. The molecular formula is C9H17NO. The van der Waals surface area contributed by atoms with Crippen LogP contribution in [-0.2, 0) is 4.74 Å². The molecule has 1 aliphatic heterocycles. The van der Waals surface area contributed by atoms with Crippen molar-refractivity contribution in [2.75, 3.05) is 13.2 Å². The lowest BCUT2D eigenvalue weighted by Crippen LogP contribution is -2.19. The third kappa shape index (κ3) is 0.926. The van der Waals surface area contributed by atoms with Crippen LogP contribution in [0.1, 0.15) is 26.7 Å². The van der Waals surface area contributed by atoms with Gasteiger partial charge in [-0.25, -0.2) is 0 Å². The van der Waals surface area contributed by atoms with Gasteiger partial charge in [-0.05, 0) is 18.3 Å². The van der Waals surface area contributed by atoms with Crippen LogP contribution in [0, 0.1) is 10.8 Å². The second kappa shape index (κ2) is 1.99. The smallest absolute Gasteiger partial charge is 0.0703 e. The molecule has 2 N–H and O–H groups in total. The van der Waals surface area contributed by atoms with Gasteiger partial charge in [-0.15, -0.1) is 0 Å². The van der Waals surface area contributed by atoms with Gasteiger partial charge in [0.25, 0.3) is 0 Å². The fourth-order valence-electron chi connectivity index (χ4n) is 2.38. The maximum absolute atomic E-state index is 5.59. The van der Waals surface area contributed by atoms with Crippen LogP contribution in [0.25, 0.3) is 0 Å². The Morgan fingerprint density at radius 2 is 2.18 bits per heavy atom. The summed E-state index contributed by atoms with van der Waals surface area (Å²) >= 11 is 0. The number of hydrogen-bond acceptors (Lipinski definition) is 2. The van der Waals surface area contributed by atoms with Gasteiger partial charge in [0, 0.05) is 12.0 Å². The molecule has 2 nitrogen and oxygen atoms in total. The monoisotopic (exact) mass is 155 g/mol. The van der Waals surface area contributed by atoms with Gasteiger partial charge in [0.1, 0.15) is 0 Å². The second-order valence-corrected chi connectivity index (χ2v) is 4.71. The SMILES string of the molecule is CC1(C)C[C@]12CO[C@@H](CN)C2. The van der Waals surface area contributed by atoms with Crippen molar-refractivity contribution in [1.82, 2.24) is 0 Å². The lowest BCUT2D eigenvalue weighted by Gasteiger charge is -2.09. The maximum atomic E-state index is 5.59. The summed E-state index contributed by atoms with van der Waals surface area (Å²) in [5.74, 6) is 0. The maximum Gasteiger partial charge on any atom is 0.0703 e. The molecule has 0 bridgehead atoms. The molecule has 2 fully saturated rings. The summed E-state index contributed by atoms with van der Waals surface area (Å²) in [6, 6.07) is 0. The molecule has 1 saturated heterocycles. The van der Waals surface area contributed by atoms with Crippen LogP contribution >= 0.6 is 0 Å². The molecule has 1 saturated carbocycles. The van der Waals surface area contributed by atoms with Crippen molar-refractivity contribution < 1.29 is 4.74 Å². The number of ether oxygens (including phenoxy) is 1. The van der Waals surface area contributed by atoms with Crippen molar-refractivity contribution in [3.8, 4) is 0 Å². The molecule has 0 aromatic carbocycles. The van der Waals surface area contributed by atoms with E-state index in [9.17, 15) is 0 Å². The van der Waals surface area contributed by atoms with Crippen LogP contribution in [0.5, 0.6) is 0 Å². The van der Waals surface area contributed by atoms with Gasteiger partial charge in [0.2, 0.25) is 0 Å². The molecule has 64 valence electrons. The Kier molecular flexibility index (Phi) is 1.37. The zero-order chi connectivity index (χ0) is 8.11. The number of hydrogen-bond donors (Lipinski definition) is 1. The molecule has 0 radical (unpaired) electrons. The first-order valence-electron chi connectivity index (χ1n) is 4.41. The molecule has 2 heteroatoms. The first-order valence-corrected chi connectivity index (χ1v) is 4.41. The predicted octanol–water partition coefficient (Wildman–Crippen LogP) is 1.15. The van der Waals surface area contributed by atoms with E-state index in [2.05, 4.69) is 13.8 Å². The lowest BCUT2D eigenvalue weighted by molar-refractivity contribution is 0.108. The zero-order valence-electron chi connectivity index (χ0n) is 7.39. The van der Waals surface area contributed by atoms with Crippen LogP contribution in [-0.4, -0.2) is 19.3 Å². The summed E-state index contributed by atoms with van der Waals surface area (Å²) in [6.07, 6.45) is 2.87. The predicted molar refractivity (Wildman–Crippen MR) is 44.2 cm³/mol. The molecule has 0 unspecified atom stereocenters. The summed E-state index contributed by atoms with van der Waals surface area (Å²) in [5, 5.41) is 0. The van der Waals surface area contributed by atoms with Gasteiger partial charge in [-0.3, -0.25) is 0 Å². The minimum atomic E-state index is 0.344. The van der Waals surface area contributed by atoms with Crippen LogP contribution in [0.3, 0.4) is 0 Å². The average Bonchev–Trinajstić information content (AvgIpc) is 2.35. The molecule has 1 aliphatic carbocycles. The van der Waals surface area contributed by atoms with Crippen molar-refractivity contribution in [2.45, 2.75) is 32.8 Å². The number of rotatable bonds is 1. The molecule has 0 aromatic heterocycles. The van der Waals surface area contributed by atoms with Crippen molar-refractivity contribution >= 4 is 0 Å². The Balaban J connectivity index is 2.01. The molecular weight excluding hydrogens is 138 g/mol. The molecule has 2 atom stereocenters. The highest BCUT2D eigenvalue weighted by atomic mass is 16.5. The van der Waals surface area contributed by atoms with Gasteiger partial charge >= 0.3 is 0 Å². The first kappa shape index (κ1) is 7.56. The lowest BCUT2D eigenvalue weighted by atomic mass is 9.93. The fourth-order valence-corrected chi connectivity index (χ4v) is 2.38. The van der Waals surface area contributed by atoms with E-state index in [0.29, 0.717) is 23.5 Å². The van der Waals surface area contributed by atoms with E-state index < -0.39 is 0 Å². The molecule has 11 heavy (non-hydrogen) atoms. The summed E-state index contributed by atoms with van der Waals surface area (Å²) in [6.45, 7) is 6.30. The molecule has 2 rings (SSSR count). The fraction of sp³-hybridized carbons (Fsp3) is 1.00. The van der Waals surface area contributed by atoms with Gasteiger partial charge in [-0.2, -0.15) is 0 Å². The highest BCUT2D eigenvalue weighted by Gasteiger charge is 2.64. The minimum absolute atomic E-state index is 0.344. The van der Waals surface area contributed by atoms with Crippen molar-refractivity contribution in [1.29, 1.82) is 0 Å². The van der Waals surface area contributed by atoms with Gasteiger partial charge in [0.15, 0.2) is 0 Å². The van der Waals surface area contributed by atoms with Crippen LogP contribution in [0.4, 0.5) is 0 Å². The van der Waals surface area contributed by atoms with E-state index in [4.69, 9.17) is 10.5 Å². The summed E-state index contributed by atoms with van der Waals surface area (Å²) in [7, 11) is 0.